The van der Waals surface area contributed by atoms with Crippen LogP contribution in [-0.4, -0.2) is 25.2 Å². The van der Waals surface area contributed by atoms with Gasteiger partial charge in [-0.1, -0.05) is 18.2 Å². The van der Waals surface area contributed by atoms with Crippen LogP contribution >= 0.6 is 0 Å². The maximum Gasteiger partial charge on any atom is 0.130 e. The first kappa shape index (κ1) is 18.4. The topological polar surface area (TPSA) is 43.4 Å². The fraction of sp³-hybridized carbons (Fsp3) is 0.450. The summed E-state index contributed by atoms with van der Waals surface area (Å²) in [5.74, 6) is 0.962. The van der Waals surface area contributed by atoms with E-state index in [1.807, 2.05) is 18.2 Å². The number of unbranched alkanes of at least 4 members (excludes halogenated alkanes) is 1. The fourth-order valence-electron chi connectivity index (χ4n) is 2.73. The molecule has 1 aromatic heterocycles. The van der Waals surface area contributed by atoms with E-state index in [1.54, 1.807) is 13.3 Å². The number of hydrogen-bond acceptors (Lipinski definition) is 4. The normalized spacial score (nSPS) is 10.8. The van der Waals surface area contributed by atoms with Gasteiger partial charge in [0.25, 0.3) is 0 Å². The number of hydrogen-bond donors (Lipinski definition) is 1. The number of aryl methyl sites for hydroxylation is 2. The van der Waals surface area contributed by atoms with Gasteiger partial charge in [-0.25, -0.2) is 0 Å². The van der Waals surface area contributed by atoms with E-state index in [2.05, 4.69) is 36.3 Å². The predicted molar refractivity (Wildman–Crippen MR) is 97.3 cm³/mol. The number of benzene rings is 1. The highest BCUT2D eigenvalue weighted by atomic mass is 16.5. The predicted octanol–water partition coefficient (Wildman–Crippen LogP) is 3.79. The van der Waals surface area contributed by atoms with Gasteiger partial charge in [0.2, 0.25) is 0 Å². The molecule has 4 heteroatoms. The summed E-state index contributed by atoms with van der Waals surface area (Å²) in [6.07, 6.45) is 4.03. The van der Waals surface area contributed by atoms with Crippen molar-refractivity contribution in [3.8, 4) is 5.75 Å². The molecule has 1 aromatic carbocycles. The largest absolute Gasteiger partial charge is 0.487 e. The van der Waals surface area contributed by atoms with Crippen molar-refractivity contribution in [2.45, 2.75) is 39.8 Å². The molecule has 2 aromatic rings. The van der Waals surface area contributed by atoms with E-state index in [-0.39, 0.29) is 0 Å². The molecule has 0 saturated carbocycles. The fourth-order valence-corrected chi connectivity index (χ4v) is 2.73. The molecule has 1 N–H and O–H groups in total. The highest BCUT2D eigenvalue weighted by Gasteiger charge is 2.07. The lowest BCUT2D eigenvalue weighted by atomic mass is 10.1. The zero-order chi connectivity index (χ0) is 17.2. The molecule has 0 bridgehead atoms. The zero-order valence-corrected chi connectivity index (χ0v) is 15.0. The quantitative estimate of drug-likeness (QED) is 0.674. The third-order valence-electron chi connectivity index (χ3n) is 3.89. The molecule has 0 saturated heterocycles. The lowest BCUT2D eigenvalue weighted by Crippen LogP contribution is -2.15. The second-order valence-electron chi connectivity index (χ2n) is 6.05. The maximum absolute atomic E-state index is 5.98. The molecule has 2 rings (SSSR count). The highest BCUT2D eigenvalue weighted by Crippen LogP contribution is 2.25. The number of nitrogens with zero attached hydrogens (tertiary/aromatic N) is 1. The number of nitrogens with one attached hydrogen (secondary N) is 1. The van der Waals surface area contributed by atoms with Gasteiger partial charge in [-0.2, -0.15) is 0 Å². The van der Waals surface area contributed by atoms with Gasteiger partial charge in [0.05, 0.1) is 5.69 Å². The van der Waals surface area contributed by atoms with Gasteiger partial charge in [-0.15, -0.1) is 0 Å². The van der Waals surface area contributed by atoms with Crippen molar-refractivity contribution in [2.75, 3.05) is 20.3 Å². The third kappa shape index (κ3) is 5.95. The van der Waals surface area contributed by atoms with E-state index in [1.165, 1.54) is 16.7 Å². The van der Waals surface area contributed by atoms with Crippen LogP contribution in [0, 0.1) is 13.8 Å². The van der Waals surface area contributed by atoms with Crippen molar-refractivity contribution in [1.29, 1.82) is 0 Å². The standard InChI is InChI=1S/C20H28N2O2/c1-16-12-18(14-21-9-6-7-11-23-3)13-17(2)20(16)24-15-19-8-4-5-10-22-19/h4-5,8,10,12-13,21H,6-7,9,11,14-15H2,1-3H3. The molecule has 0 atom stereocenters. The van der Waals surface area contributed by atoms with Crippen molar-refractivity contribution >= 4 is 0 Å². The molecule has 24 heavy (non-hydrogen) atoms. The number of ether oxygens (including phenoxy) is 2. The second kappa shape index (κ2) is 10.1. The average Bonchev–Trinajstić information content (AvgIpc) is 2.58. The summed E-state index contributed by atoms with van der Waals surface area (Å²) in [7, 11) is 1.75. The lowest BCUT2D eigenvalue weighted by molar-refractivity contribution is 0.192. The Morgan fingerprint density at radius 2 is 1.88 bits per heavy atom. The van der Waals surface area contributed by atoms with Gasteiger partial charge in [-0.3, -0.25) is 4.98 Å². The van der Waals surface area contributed by atoms with Crippen LogP contribution in [0.5, 0.6) is 5.75 Å². The van der Waals surface area contributed by atoms with E-state index in [0.29, 0.717) is 6.61 Å². The van der Waals surface area contributed by atoms with Crippen LogP contribution in [0.3, 0.4) is 0 Å². The molecule has 0 spiro atoms. The molecule has 0 aliphatic carbocycles. The highest BCUT2D eigenvalue weighted by molar-refractivity contribution is 5.43. The van der Waals surface area contributed by atoms with E-state index < -0.39 is 0 Å². The van der Waals surface area contributed by atoms with E-state index in [4.69, 9.17) is 9.47 Å². The molecule has 4 nitrogen and oxygen atoms in total. The molecular weight excluding hydrogens is 300 g/mol. The molecule has 0 aliphatic rings. The van der Waals surface area contributed by atoms with Crippen LogP contribution in [0.2, 0.25) is 0 Å². The molecule has 1 heterocycles. The first-order valence-corrected chi connectivity index (χ1v) is 8.53. The molecule has 0 fully saturated rings. The summed E-state index contributed by atoms with van der Waals surface area (Å²) >= 11 is 0. The Morgan fingerprint density at radius 3 is 2.54 bits per heavy atom. The Morgan fingerprint density at radius 1 is 1.08 bits per heavy atom. The van der Waals surface area contributed by atoms with E-state index >= 15 is 0 Å². The monoisotopic (exact) mass is 328 g/mol. The van der Waals surface area contributed by atoms with Gasteiger partial charge >= 0.3 is 0 Å². The van der Waals surface area contributed by atoms with Crippen molar-refractivity contribution < 1.29 is 9.47 Å². The first-order valence-electron chi connectivity index (χ1n) is 8.53. The zero-order valence-electron chi connectivity index (χ0n) is 15.0. The summed E-state index contributed by atoms with van der Waals surface area (Å²) in [6.45, 7) is 7.43. The Kier molecular flexibility index (Phi) is 7.72. The Bertz CT molecular complexity index is 591. The summed E-state index contributed by atoms with van der Waals surface area (Å²) in [5.41, 5.74) is 4.57. The molecule has 0 radical (unpaired) electrons. The van der Waals surface area contributed by atoms with Crippen LogP contribution < -0.4 is 10.1 Å². The van der Waals surface area contributed by atoms with Crippen molar-refractivity contribution in [2.24, 2.45) is 0 Å². The van der Waals surface area contributed by atoms with Crippen LogP contribution in [0.25, 0.3) is 0 Å². The number of pyridine rings is 1. The van der Waals surface area contributed by atoms with E-state index in [0.717, 1.165) is 44.0 Å². The minimum atomic E-state index is 0.500. The average molecular weight is 328 g/mol. The molecular formula is C20H28N2O2. The van der Waals surface area contributed by atoms with Gasteiger partial charge in [-0.05, 0) is 62.1 Å². The smallest absolute Gasteiger partial charge is 0.130 e. The maximum atomic E-state index is 5.98. The number of rotatable bonds is 10. The van der Waals surface area contributed by atoms with Gasteiger partial charge in [0, 0.05) is 26.5 Å². The molecule has 0 unspecified atom stereocenters. The SMILES string of the molecule is COCCCCNCc1cc(C)c(OCc2ccccn2)c(C)c1. The lowest BCUT2D eigenvalue weighted by Gasteiger charge is -2.14. The Hall–Kier alpha value is -1.91. The molecule has 130 valence electrons. The molecule has 0 amide bonds. The van der Waals surface area contributed by atoms with Gasteiger partial charge in [0.1, 0.15) is 12.4 Å². The van der Waals surface area contributed by atoms with E-state index in [9.17, 15) is 0 Å². The van der Waals surface area contributed by atoms with Crippen LogP contribution in [-0.2, 0) is 17.9 Å². The van der Waals surface area contributed by atoms with Crippen LogP contribution in [0.1, 0.15) is 35.2 Å². The van der Waals surface area contributed by atoms with Gasteiger partial charge in [0.15, 0.2) is 0 Å². The summed E-state index contributed by atoms with van der Waals surface area (Å²) in [4.78, 5) is 4.30. The Balaban J connectivity index is 1.86. The summed E-state index contributed by atoms with van der Waals surface area (Å²) in [6, 6.07) is 10.3. The van der Waals surface area contributed by atoms with Crippen molar-refractivity contribution in [3.63, 3.8) is 0 Å². The minimum absolute atomic E-state index is 0.500. The van der Waals surface area contributed by atoms with Crippen LogP contribution in [0.4, 0.5) is 0 Å². The summed E-state index contributed by atoms with van der Waals surface area (Å²) in [5, 5.41) is 3.49. The van der Waals surface area contributed by atoms with Crippen molar-refractivity contribution in [1.82, 2.24) is 10.3 Å². The molecule has 0 aliphatic heterocycles. The minimum Gasteiger partial charge on any atom is -0.487 e. The second-order valence-corrected chi connectivity index (χ2v) is 6.05. The Labute approximate surface area is 145 Å². The third-order valence-corrected chi connectivity index (χ3v) is 3.89. The van der Waals surface area contributed by atoms with Gasteiger partial charge < -0.3 is 14.8 Å². The number of aromatic nitrogens is 1. The number of methoxy groups -OCH3 is 1. The summed E-state index contributed by atoms with van der Waals surface area (Å²) < 4.78 is 11.0. The van der Waals surface area contributed by atoms with Crippen LogP contribution in [0.15, 0.2) is 36.5 Å². The van der Waals surface area contributed by atoms with Crippen molar-refractivity contribution in [3.05, 3.63) is 58.9 Å². The first-order chi connectivity index (χ1) is 11.7.